The molecule has 1 saturated carbocycles. The standard InChI is InChI=1S/C9H18N2O/c10-11-8-2-5-9(6-3-8)4-1-7-12-9/h8,11H,1-7,10H2. The van der Waals surface area contributed by atoms with Gasteiger partial charge in [-0.3, -0.25) is 11.3 Å². The molecule has 3 heteroatoms. The van der Waals surface area contributed by atoms with Crippen molar-refractivity contribution in [1.82, 2.24) is 5.43 Å². The van der Waals surface area contributed by atoms with E-state index in [1.807, 2.05) is 0 Å². The van der Waals surface area contributed by atoms with Gasteiger partial charge in [0.2, 0.25) is 0 Å². The third-order valence-corrected chi connectivity index (χ3v) is 3.32. The van der Waals surface area contributed by atoms with Crippen molar-refractivity contribution in [2.75, 3.05) is 6.61 Å². The van der Waals surface area contributed by atoms with Crippen LogP contribution in [-0.2, 0) is 4.74 Å². The van der Waals surface area contributed by atoms with E-state index in [9.17, 15) is 0 Å². The van der Waals surface area contributed by atoms with E-state index in [1.54, 1.807) is 0 Å². The van der Waals surface area contributed by atoms with Gasteiger partial charge >= 0.3 is 0 Å². The van der Waals surface area contributed by atoms with Gasteiger partial charge < -0.3 is 4.74 Å². The van der Waals surface area contributed by atoms with Gasteiger partial charge in [-0.25, -0.2) is 0 Å². The molecule has 0 amide bonds. The first-order valence-electron chi connectivity index (χ1n) is 4.95. The predicted molar refractivity (Wildman–Crippen MR) is 47.5 cm³/mol. The summed E-state index contributed by atoms with van der Waals surface area (Å²) in [5.41, 5.74) is 3.11. The lowest BCUT2D eigenvalue weighted by Gasteiger charge is -2.36. The summed E-state index contributed by atoms with van der Waals surface area (Å²) < 4.78 is 5.81. The summed E-state index contributed by atoms with van der Waals surface area (Å²) in [5, 5.41) is 0. The minimum Gasteiger partial charge on any atom is -0.375 e. The SMILES string of the molecule is NNC1CCC2(CCCO2)CC1. The van der Waals surface area contributed by atoms with E-state index in [0.717, 1.165) is 6.61 Å². The molecule has 2 fully saturated rings. The van der Waals surface area contributed by atoms with Crippen molar-refractivity contribution in [3.63, 3.8) is 0 Å². The largest absolute Gasteiger partial charge is 0.375 e. The Kier molecular flexibility index (Phi) is 2.35. The molecule has 70 valence electrons. The summed E-state index contributed by atoms with van der Waals surface area (Å²) in [4.78, 5) is 0. The van der Waals surface area contributed by atoms with Gasteiger partial charge in [0.05, 0.1) is 5.60 Å². The molecule has 3 nitrogen and oxygen atoms in total. The zero-order valence-corrected chi connectivity index (χ0v) is 7.51. The third-order valence-electron chi connectivity index (χ3n) is 3.32. The Morgan fingerprint density at radius 1 is 1.25 bits per heavy atom. The lowest BCUT2D eigenvalue weighted by molar-refractivity contribution is -0.0300. The molecule has 2 aliphatic rings. The highest BCUT2D eigenvalue weighted by molar-refractivity contribution is 4.91. The van der Waals surface area contributed by atoms with E-state index < -0.39 is 0 Å². The van der Waals surface area contributed by atoms with Gasteiger partial charge in [0.15, 0.2) is 0 Å². The summed E-state index contributed by atoms with van der Waals surface area (Å²) in [6, 6.07) is 0.528. The highest BCUT2D eigenvalue weighted by Crippen LogP contribution is 2.39. The van der Waals surface area contributed by atoms with Crippen LogP contribution in [0.25, 0.3) is 0 Å². The maximum atomic E-state index is 5.81. The van der Waals surface area contributed by atoms with Crippen LogP contribution < -0.4 is 11.3 Å². The van der Waals surface area contributed by atoms with Gasteiger partial charge in [-0.15, -0.1) is 0 Å². The van der Waals surface area contributed by atoms with Crippen molar-refractivity contribution in [3.8, 4) is 0 Å². The van der Waals surface area contributed by atoms with Crippen LogP contribution >= 0.6 is 0 Å². The first kappa shape index (κ1) is 8.48. The zero-order chi connectivity index (χ0) is 8.44. The van der Waals surface area contributed by atoms with Crippen molar-refractivity contribution in [3.05, 3.63) is 0 Å². The maximum Gasteiger partial charge on any atom is 0.0684 e. The van der Waals surface area contributed by atoms with Gasteiger partial charge in [0, 0.05) is 12.6 Å². The molecule has 0 unspecified atom stereocenters. The van der Waals surface area contributed by atoms with E-state index in [2.05, 4.69) is 5.43 Å². The summed E-state index contributed by atoms with van der Waals surface area (Å²) >= 11 is 0. The number of rotatable bonds is 1. The molecule has 1 aliphatic heterocycles. The van der Waals surface area contributed by atoms with Crippen LogP contribution in [0.4, 0.5) is 0 Å². The number of hydrogen-bond donors (Lipinski definition) is 2. The number of hydrogen-bond acceptors (Lipinski definition) is 3. The van der Waals surface area contributed by atoms with Gasteiger partial charge in [0.25, 0.3) is 0 Å². The molecule has 0 aromatic carbocycles. The molecule has 0 aromatic heterocycles. The van der Waals surface area contributed by atoms with Gasteiger partial charge in [0.1, 0.15) is 0 Å². The summed E-state index contributed by atoms with van der Waals surface area (Å²) in [6.45, 7) is 0.973. The molecule has 12 heavy (non-hydrogen) atoms. The molecule has 0 atom stereocenters. The second-order valence-corrected chi connectivity index (χ2v) is 4.08. The summed E-state index contributed by atoms with van der Waals surface area (Å²) in [6.07, 6.45) is 7.27. The maximum absolute atomic E-state index is 5.81. The highest BCUT2D eigenvalue weighted by atomic mass is 16.5. The van der Waals surface area contributed by atoms with Crippen molar-refractivity contribution >= 4 is 0 Å². The fourth-order valence-electron chi connectivity index (χ4n) is 2.46. The predicted octanol–water partition coefficient (Wildman–Crippen LogP) is 0.941. The fourth-order valence-corrected chi connectivity index (χ4v) is 2.46. The van der Waals surface area contributed by atoms with Crippen LogP contribution in [0.5, 0.6) is 0 Å². The van der Waals surface area contributed by atoms with Crippen LogP contribution in [0.1, 0.15) is 38.5 Å². The van der Waals surface area contributed by atoms with Crippen LogP contribution in [0, 0.1) is 0 Å². The number of nitrogens with one attached hydrogen (secondary N) is 1. The molecule has 1 heterocycles. The van der Waals surface area contributed by atoms with Crippen molar-refractivity contribution in [2.45, 2.75) is 50.2 Å². The van der Waals surface area contributed by atoms with Crippen molar-refractivity contribution in [1.29, 1.82) is 0 Å². The van der Waals surface area contributed by atoms with Crippen LogP contribution in [0.2, 0.25) is 0 Å². The van der Waals surface area contributed by atoms with E-state index >= 15 is 0 Å². The molecule has 0 aromatic rings. The normalized spacial score (nSPS) is 42.2. The lowest BCUT2D eigenvalue weighted by atomic mass is 9.81. The monoisotopic (exact) mass is 170 g/mol. The number of nitrogens with two attached hydrogens (primary N) is 1. The van der Waals surface area contributed by atoms with E-state index in [-0.39, 0.29) is 5.60 Å². The highest BCUT2D eigenvalue weighted by Gasteiger charge is 2.38. The van der Waals surface area contributed by atoms with E-state index in [4.69, 9.17) is 10.6 Å². The Morgan fingerprint density at radius 2 is 2.00 bits per heavy atom. The zero-order valence-electron chi connectivity index (χ0n) is 7.51. The van der Waals surface area contributed by atoms with Gasteiger partial charge in [-0.1, -0.05) is 0 Å². The number of ether oxygens (including phenoxy) is 1. The molecule has 1 spiro atoms. The van der Waals surface area contributed by atoms with Crippen LogP contribution in [0.3, 0.4) is 0 Å². The molecule has 0 radical (unpaired) electrons. The first-order chi connectivity index (χ1) is 5.85. The Hall–Kier alpha value is -0.120. The molecular formula is C9H18N2O. The molecular weight excluding hydrogens is 152 g/mol. The van der Waals surface area contributed by atoms with Crippen molar-refractivity contribution in [2.24, 2.45) is 5.84 Å². The van der Waals surface area contributed by atoms with Gasteiger partial charge in [-0.2, -0.15) is 0 Å². The Labute approximate surface area is 73.6 Å². The minimum absolute atomic E-state index is 0.257. The van der Waals surface area contributed by atoms with Gasteiger partial charge in [-0.05, 0) is 38.5 Å². The fraction of sp³-hybridized carbons (Fsp3) is 1.00. The smallest absolute Gasteiger partial charge is 0.0684 e. The summed E-state index contributed by atoms with van der Waals surface area (Å²) in [5.74, 6) is 5.40. The molecule has 1 aliphatic carbocycles. The molecule has 3 N–H and O–H groups in total. The number of hydrazine groups is 1. The average molecular weight is 170 g/mol. The summed E-state index contributed by atoms with van der Waals surface area (Å²) in [7, 11) is 0. The Balaban J connectivity index is 1.88. The van der Waals surface area contributed by atoms with Crippen LogP contribution in [0.15, 0.2) is 0 Å². The van der Waals surface area contributed by atoms with E-state index in [1.165, 1.54) is 38.5 Å². The second-order valence-electron chi connectivity index (χ2n) is 4.08. The second kappa shape index (κ2) is 3.32. The van der Waals surface area contributed by atoms with Crippen molar-refractivity contribution < 1.29 is 4.74 Å². The third kappa shape index (κ3) is 1.49. The molecule has 2 rings (SSSR count). The Bertz CT molecular complexity index is 145. The van der Waals surface area contributed by atoms with Crippen LogP contribution in [-0.4, -0.2) is 18.2 Å². The quantitative estimate of drug-likeness (QED) is 0.455. The first-order valence-corrected chi connectivity index (χ1v) is 4.95. The molecule has 0 bridgehead atoms. The van der Waals surface area contributed by atoms with E-state index in [0.29, 0.717) is 6.04 Å². The molecule has 1 saturated heterocycles. The topological polar surface area (TPSA) is 47.3 Å². The minimum atomic E-state index is 0.257. The Morgan fingerprint density at radius 3 is 2.50 bits per heavy atom. The average Bonchev–Trinajstić information content (AvgIpc) is 2.55. The lowest BCUT2D eigenvalue weighted by Crippen LogP contribution is -2.43.